The molecule has 0 aliphatic carbocycles. The molecule has 2 saturated heterocycles. The van der Waals surface area contributed by atoms with Crippen LogP contribution in [0.1, 0.15) is 43.7 Å². The number of piperidine rings is 1. The number of amides is 1. The molecule has 1 aromatic rings. The molecular weight excluding hydrogens is 523 g/mol. The van der Waals surface area contributed by atoms with Gasteiger partial charge in [0.15, 0.2) is 5.96 Å². The van der Waals surface area contributed by atoms with Crippen molar-refractivity contribution in [2.75, 3.05) is 40.0 Å². The van der Waals surface area contributed by atoms with Crippen molar-refractivity contribution in [1.29, 1.82) is 0 Å². The van der Waals surface area contributed by atoms with E-state index in [0.29, 0.717) is 39.0 Å². The Balaban J connectivity index is 0.00000363. The summed E-state index contributed by atoms with van der Waals surface area (Å²) >= 11 is 0. The Kier molecular flexibility index (Phi) is 12.1. The summed E-state index contributed by atoms with van der Waals surface area (Å²) in [7, 11) is 1.78. The summed E-state index contributed by atoms with van der Waals surface area (Å²) in [4.78, 5) is 18.0. The Hall–Kier alpha value is -1.59. The predicted octanol–water partition coefficient (Wildman–Crippen LogP) is 3.29. The summed E-state index contributed by atoms with van der Waals surface area (Å²) in [5.41, 5.74) is 2.37. The van der Waals surface area contributed by atoms with E-state index in [1.807, 2.05) is 6.92 Å². The first-order chi connectivity index (χ1) is 15.2. The number of hydrogen-bond acceptors (Lipinski definition) is 5. The number of benzene rings is 1. The minimum absolute atomic E-state index is 0. The van der Waals surface area contributed by atoms with Crippen molar-refractivity contribution in [2.24, 2.45) is 4.99 Å². The van der Waals surface area contributed by atoms with Gasteiger partial charge < -0.3 is 29.7 Å². The first kappa shape index (κ1) is 26.7. The maximum atomic E-state index is 11.8. The Morgan fingerprint density at radius 1 is 1.19 bits per heavy atom. The van der Waals surface area contributed by atoms with E-state index in [1.165, 1.54) is 11.1 Å². The van der Waals surface area contributed by atoms with Crippen molar-refractivity contribution < 1.29 is 19.0 Å². The van der Waals surface area contributed by atoms with Gasteiger partial charge in [0.05, 0.1) is 19.3 Å². The number of hydrogen-bond donors (Lipinski definition) is 2. The second-order valence-corrected chi connectivity index (χ2v) is 7.97. The fourth-order valence-electron chi connectivity index (χ4n) is 3.88. The Morgan fingerprint density at radius 2 is 1.91 bits per heavy atom. The molecular formula is C23H37IN4O4. The molecule has 8 nitrogen and oxygen atoms in total. The predicted molar refractivity (Wildman–Crippen MR) is 135 cm³/mol. The Morgan fingerprint density at radius 3 is 2.59 bits per heavy atom. The first-order valence-corrected chi connectivity index (χ1v) is 11.3. The zero-order valence-corrected chi connectivity index (χ0v) is 21.5. The number of aliphatic imine (C=N–C) groups is 1. The van der Waals surface area contributed by atoms with Gasteiger partial charge in [-0.3, -0.25) is 4.99 Å². The van der Waals surface area contributed by atoms with Crippen LogP contribution in [-0.4, -0.2) is 69.1 Å². The van der Waals surface area contributed by atoms with Crippen LogP contribution in [0.15, 0.2) is 29.3 Å². The number of halogens is 1. The molecule has 180 valence electrons. The lowest BCUT2D eigenvalue weighted by molar-refractivity contribution is -0.0390. The quantitative estimate of drug-likeness (QED) is 0.303. The Bertz CT molecular complexity index is 720. The van der Waals surface area contributed by atoms with Crippen molar-refractivity contribution in [3.8, 4) is 0 Å². The number of carbonyl (C=O) groups excluding carboxylic acids is 1. The molecule has 9 heteroatoms. The molecule has 2 aliphatic rings. The number of carbonyl (C=O) groups is 1. The highest BCUT2D eigenvalue weighted by molar-refractivity contribution is 14.0. The zero-order chi connectivity index (χ0) is 21.9. The van der Waals surface area contributed by atoms with E-state index < -0.39 is 0 Å². The first-order valence-electron chi connectivity index (χ1n) is 11.3. The van der Waals surface area contributed by atoms with Crippen LogP contribution in [0.4, 0.5) is 4.79 Å². The van der Waals surface area contributed by atoms with Gasteiger partial charge in [0.1, 0.15) is 0 Å². The van der Waals surface area contributed by atoms with Gasteiger partial charge in [0.25, 0.3) is 0 Å². The molecule has 2 N–H and O–H groups in total. The van der Waals surface area contributed by atoms with Crippen LogP contribution in [0, 0.1) is 0 Å². The monoisotopic (exact) mass is 560 g/mol. The molecule has 0 bridgehead atoms. The molecule has 2 aliphatic heterocycles. The van der Waals surface area contributed by atoms with Crippen LogP contribution >= 0.6 is 24.0 Å². The van der Waals surface area contributed by atoms with Crippen molar-refractivity contribution in [2.45, 2.75) is 57.9 Å². The lowest BCUT2D eigenvalue weighted by atomic mass is 10.1. The summed E-state index contributed by atoms with van der Waals surface area (Å²) in [6.45, 7) is 6.54. The molecule has 0 radical (unpaired) electrons. The van der Waals surface area contributed by atoms with E-state index in [9.17, 15) is 4.79 Å². The van der Waals surface area contributed by atoms with E-state index in [2.05, 4.69) is 39.9 Å². The molecule has 0 spiro atoms. The van der Waals surface area contributed by atoms with Crippen LogP contribution < -0.4 is 10.6 Å². The SMILES string of the molecule is CCOC(=O)N1CCC(NC(=NC)NCc2cccc(COC3CCOCC3)c2)CC1.I. The highest BCUT2D eigenvalue weighted by atomic mass is 127. The van der Waals surface area contributed by atoms with Crippen molar-refractivity contribution >= 4 is 36.0 Å². The molecule has 0 saturated carbocycles. The van der Waals surface area contributed by atoms with Gasteiger partial charge in [-0.05, 0) is 43.7 Å². The standard InChI is InChI=1S/C23H36N4O4.HI/c1-3-30-23(28)27-11-7-20(8-12-27)26-22(24-2)25-16-18-5-4-6-19(15-18)17-31-21-9-13-29-14-10-21;/h4-6,15,20-21H,3,7-14,16-17H2,1-2H3,(H2,24,25,26);1H. The summed E-state index contributed by atoms with van der Waals surface area (Å²) in [6.07, 6.45) is 3.78. The minimum Gasteiger partial charge on any atom is -0.450 e. The lowest BCUT2D eigenvalue weighted by Crippen LogP contribution is -2.49. The highest BCUT2D eigenvalue weighted by Gasteiger charge is 2.24. The van der Waals surface area contributed by atoms with Gasteiger partial charge >= 0.3 is 6.09 Å². The minimum atomic E-state index is -0.218. The molecule has 0 aromatic heterocycles. The van der Waals surface area contributed by atoms with E-state index in [0.717, 1.165) is 44.9 Å². The molecule has 2 heterocycles. The van der Waals surface area contributed by atoms with Crippen molar-refractivity contribution in [1.82, 2.24) is 15.5 Å². The van der Waals surface area contributed by atoms with Crippen LogP contribution in [0.3, 0.4) is 0 Å². The van der Waals surface area contributed by atoms with E-state index >= 15 is 0 Å². The molecule has 2 fully saturated rings. The van der Waals surface area contributed by atoms with E-state index in [-0.39, 0.29) is 36.1 Å². The molecule has 1 amide bonds. The molecule has 32 heavy (non-hydrogen) atoms. The van der Waals surface area contributed by atoms with E-state index in [1.54, 1.807) is 11.9 Å². The summed E-state index contributed by atoms with van der Waals surface area (Å²) in [5.74, 6) is 0.776. The number of rotatable bonds is 7. The van der Waals surface area contributed by atoms with Crippen LogP contribution in [0.5, 0.6) is 0 Å². The van der Waals surface area contributed by atoms with E-state index in [4.69, 9.17) is 14.2 Å². The summed E-state index contributed by atoms with van der Waals surface area (Å²) in [5, 5.41) is 6.87. The van der Waals surface area contributed by atoms with Gasteiger partial charge in [-0.1, -0.05) is 24.3 Å². The zero-order valence-electron chi connectivity index (χ0n) is 19.2. The van der Waals surface area contributed by atoms with Crippen LogP contribution in [-0.2, 0) is 27.4 Å². The largest absolute Gasteiger partial charge is 0.450 e. The number of nitrogens with one attached hydrogen (secondary N) is 2. The normalized spacial score (nSPS) is 18.1. The number of ether oxygens (including phenoxy) is 3. The average Bonchev–Trinajstić information content (AvgIpc) is 2.82. The summed E-state index contributed by atoms with van der Waals surface area (Å²) < 4.78 is 16.5. The van der Waals surface area contributed by atoms with Crippen LogP contribution in [0.2, 0.25) is 0 Å². The molecule has 0 unspecified atom stereocenters. The second-order valence-electron chi connectivity index (χ2n) is 7.97. The molecule has 3 rings (SSSR count). The second kappa shape index (κ2) is 14.5. The van der Waals surface area contributed by atoms with Gasteiger partial charge in [-0.25, -0.2) is 4.79 Å². The van der Waals surface area contributed by atoms with Gasteiger partial charge in [-0.15, -0.1) is 24.0 Å². The number of guanidine groups is 1. The number of likely N-dealkylation sites (tertiary alicyclic amines) is 1. The van der Waals surface area contributed by atoms with Crippen molar-refractivity contribution in [3.05, 3.63) is 35.4 Å². The fraction of sp³-hybridized carbons (Fsp3) is 0.652. The maximum absolute atomic E-state index is 11.8. The van der Waals surface area contributed by atoms with Crippen LogP contribution in [0.25, 0.3) is 0 Å². The molecule has 1 aromatic carbocycles. The van der Waals surface area contributed by atoms with Gasteiger partial charge in [0, 0.05) is 45.9 Å². The summed E-state index contributed by atoms with van der Waals surface area (Å²) in [6, 6.07) is 8.75. The third kappa shape index (κ3) is 8.74. The maximum Gasteiger partial charge on any atom is 0.409 e. The molecule has 0 atom stereocenters. The van der Waals surface area contributed by atoms with Gasteiger partial charge in [0.2, 0.25) is 0 Å². The number of nitrogens with zero attached hydrogens (tertiary/aromatic N) is 2. The highest BCUT2D eigenvalue weighted by Crippen LogP contribution is 2.15. The third-order valence-corrected chi connectivity index (χ3v) is 5.69. The smallest absolute Gasteiger partial charge is 0.409 e. The van der Waals surface area contributed by atoms with Gasteiger partial charge in [-0.2, -0.15) is 0 Å². The Labute approximate surface area is 208 Å². The topological polar surface area (TPSA) is 84.4 Å². The fourth-order valence-corrected chi connectivity index (χ4v) is 3.88. The van der Waals surface area contributed by atoms with Crippen molar-refractivity contribution in [3.63, 3.8) is 0 Å². The third-order valence-electron chi connectivity index (χ3n) is 5.69. The lowest BCUT2D eigenvalue weighted by Gasteiger charge is -2.32. The average molecular weight is 560 g/mol.